The molecule has 0 spiro atoms. The Hall–Kier alpha value is -1.02. The van der Waals surface area contributed by atoms with Crippen LogP contribution in [0.15, 0.2) is 48.5 Å². The summed E-state index contributed by atoms with van der Waals surface area (Å²) < 4.78 is 16.8. The Morgan fingerprint density at radius 3 is 1.76 bits per heavy atom. The lowest BCUT2D eigenvalue weighted by molar-refractivity contribution is 0.487. The summed E-state index contributed by atoms with van der Waals surface area (Å²) in [6.45, 7) is 13.0. The number of nitrogens with one attached hydrogen (secondary N) is 1. The first kappa shape index (κ1) is 29.0. The molecule has 0 heterocycles. The summed E-state index contributed by atoms with van der Waals surface area (Å²) in [6, 6.07) is 18.3. The minimum absolute atomic E-state index is 0.0672. The predicted molar refractivity (Wildman–Crippen MR) is 165 cm³/mol. The first-order valence-corrected chi connectivity index (χ1v) is 17.3. The normalized spacial score (nSPS) is 20.2. The van der Waals surface area contributed by atoms with Crippen molar-refractivity contribution >= 4 is 24.2 Å². The molecule has 2 atom stereocenters. The summed E-state index contributed by atoms with van der Waals surface area (Å²) in [5.74, 6) is 0. The highest BCUT2D eigenvalue weighted by Crippen LogP contribution is 2.56. The second kappa shape index (κ2) is 12.4. The molecule has 0 aromatic heterocycles. The van der Waals surface area contributed by atoms with Crippen LogP contribution < -0.4 is 10.0 Å². The highest BCUT2D eigenvalue weighted by Gasteiger charge is 2.35. The number of hydrogen-bond acceptors (Lipinski definition) is 1. The van der Waals surface area contributed by atoms with Crippen molar-refractivity contribution in [2.75, 3.05) is 0 Å². The van der Waals surface area contributed by atoms with Gasteiger partial charge in [0.2, 0.25) is 0 Å². The van der Waals surface area contributed by atoms with Crippen LogP contribution in [-0.4, -0.2) is 20.3 Å². The molecule has 0 saturated heterocycles. The first-order valence-electron chi connectivity index (χ1n) is 14.7. The Balaban J connectivity index is 1.80. The van der Waals surface area contributed by atoms with Gasteiger partial charge >= 0.3 is 0 Å². The molecule has 2 aromatic rings. The zero-order valence-electron chi connectivity index (χ0n) is 24.2. The van der Waals surface area contributed by atoms with E-state index in [1.165, 1.54) is 80.9 Å². The molecule has 2 aromatic carbocycles. The smallest absolute Gasteiger partial charge is 0.0979 e. The molecule has 0 aliphatic heterocycles. The largest absolute Gasteiger partial charge is 0.242 e. The fourth-order valence-corrected chi connectivity index (χ4v) is 11.0. The van der Waals surface area contributed by atoms with Crippen molar-refractivity contribution in [2.45, 2.75) is 133 Å². The van der Waals surface area contributed by atoms with Crippen LogP contribution in [0.4, 0.5) is 0 Å². The molecule has 2 fully saturated rings. The van der Waals surface area contributed by atoms with Gasteiger partial charge in [0.1, 0.15) is 0 Å². The van der Waals surface area contributed by atoms with Crippen LogP contribution in [0.3, 0.4) is 0 Å². The Morgan fingerprint density at radius 1 is 0.757 bits per heavy atom. The van der Waals surface area contributed by atoms with Crippen molar-refractivity contribution in [1.82, 2.24) is 4.72 Å². The monoisotopic (exact) mass is 539 g/mol. The molecule has 4 heteroatoms. The SMILES string of the molecule is CC(C)(C)c1ccc([C@H](N[S@](=O)C(C)(C)C)c2ccccc2P(C2CCCCC2)C2CCCCC2)cc1. The van der Waals surface area contributed by atoms with Gasteiger partial charge in [-0.2, -0.15) is 0 Å². The third-order valence-electron chi connectivity index (χ3n) is 8.35. The molecule has 0 unspecified atom stereocenters. The van der Waals surface area contributed by atoms with Gasteiger partial charge in [0.25, 0.3) is 0 Å². The third kappa shape index (κ3) is 7.34. The van der Waals surface area contributed by atoms with Gasteiger partial charge < -0.3 is 0 Å². The van der Waals surface area contributed by atoms with Crippen molar-refractivity contribution in [2.24, 2.45) is 0 Å². The van der Waals surface area contributed by atoms with Crippen molar-refractivity contribution < 1.29 is 4.21 Å². The van der Waals surface area contributed by atoms with Crippen molar-refractivity contribution in [3.8, 4) is 0 Å². The van der Waals surface area contributed by atoms with Gasteiger partial charge in [0.15, 0.2) is 0 Å². The van der Waals surface area contributed by atoms with E-state index < -0.39 is 11.0 Å². The molecular formula is C33H50NOPS. The quantitative estimate of drug-likeness (QED) is 0.350. The average molecular weight is 540 g/mol. The molecule has 0 bridgehead atoms. The van der Waals surface area contributed by atoms with E-state index in [1.807, 2.05) is 0 Å². The topological polar surface area (TPSA) is 29.1 Å². The molecule has 2 aliphatic rings. The second-order valence-electron chi connectivity index (χ2n) is 13.4. The molecule has 0 amide bonds. The summed E-state index contributed by atoms with van der Waals surface area (Å²) in [5, 5.41) is 1.58. The molecule has 37 heavy (non-hydrogen) atoms. The molecule has 2 nitrogen and oxygen atoms in total. The van der Waals surface area contributed by atoms with Crippen molar-refractivity contribution in [3.63, 3.8) is 0 Å². The molecule has 204 valence electrons. The van der Waals surface area contributed by atoms with E-state index in [2.05, 4.69) is 94.8 Å². The molecule has 0 radical (unpaired) electrons. The molecule has 2 aliphatic carbocycles. The summed E-state index contributed by atoms with van der Waals surface area (Å²) in [5.41, 5.74) is 5.72. The predicted octanol–water partition coefficient (Wildman–Crippen LogP) is 8.90. The zero-order valence-corrected chi connectivity index (χ0v) is 25.9. The van der Waals surface area contributed by atoms with Crippen LogP contribution in [0.1, 0.15) is 128 Å². The number of benzene rings is 2. The number of hydrogen-bond donors (Lipinski definition) is 1. The number of rotatable bonds is 7. The zero-order chi connectivity index (χ0) is 26.6. The maximum Gasteiger partial charge on any atom is 0.0979 e. The van der Waals surface area contributed by atoms with Gasteiger partial charge in [0, 0.05) is 0 Å². The van der Waals surface area contributed by atoms with Gasteiger partial charge in [-0.15, -0.1) is 0 Å². The standard InChI is InChI=1S/C33H50NOPS/c1-32(2,3)26-23-21-25(22-24-26)31(34-37(35)33(4,5)6)29-19-13-14-20-30(29)36(27-15-9-7-10-16-27)28-17-11-8-12-18-28/h13-14,19-24,27-28,31,34H,7-12,15-18H2,1-6H3/t31-,37+/m0/s1. The van der Waals surface area contributed by atoms with E-state index in [-0.39, 0.29) is 24.1 Å². The van der Waals surface area contributed by atoms with Crippen molar-refractivity contribution in [3.05, 3.63) is 65.2 Å². The van der Waals surface area contributed by atoms with Gasteiger partial charge in [-0.1, -0.05) is 116 Å². The lowest BCUT2D eigenvalue weighted by Gasteiger charge is -2.40. The lowest BCUT2D eigenvalue weighted by Crippen LogP contribution is -2.38. The highest BCUT2D eigenvalue weighted by molar-refractivity contribution is 7.84. The summed E-state index contributed by atoms with van der Waals surface area (Å²) in [4.78, 5) is 0. The van der Waals surface area contributed by atoms with Crippen LogP contribution in [0.2, 0.25) is 0 Å². The van der Waals surface area contributed by atoms with Crippen LogP contribution >= 0.6 is 7.92 Å². The second-order valence-corrected chi connectivity index (χ2v) is 18.1. The van der Waals surface area contributed by atoms with Crippen molar-refractivity contribution in [1.29, 1.82) is 0 Å². The summed E-state index contributed by atoms with van der Waals surface area (Å²) >= 11 is 0. The summed E-state index contributed by atoms with van der Waals surface area (Å²) in [6.07, 6.45) is 13.9. The van der Waals surface area contributed by atoms with E-state index >= 15 is 0 Å². The molecule has 4 rings (SSSR count). The minimum Gasteiger partial charge on any atom is -0.242 e. The maximum atomic E-state index is 13.5. The average Bonchev–Trinajstić information content (AvgIpc) is 2.88. The Bertz CT molecular complexity index is 1010. The fraction of sp³-hybridized carbons (Fsp3) is 0.636. The van der Waals surface area contributed by atoms with Gasteiger partial charge in [-0.3, -0.25) is 0 Å². The van der Waals surface area contributed by atoms with E-state index in [1.54, 1.807) is 5.30 Å². The third-order valence-corrected chi connectivity index (χ3v) is 13.5. The van der Waals surface area contributed by atoms with Crippen LogP contribution in [0, 0.1) is 0 Å². The Morgan fingerprint density at radius 2 is 1.27 bits per heavy atom. The summed E-state index contributed by atoms with van der Waals surface area (Å²) in [7, 11) is -1.42. The van der Waals surface area contributed by atoms with Gasteiger partial charge in [-0.05, 0) is 85.2 Å². The van der Waals surface area contributed by atoms with Crippen LogP contribution in [0.5, 0.6) is 0 Å². The Labute approximate surface area is 231 Å². The van der Waals surface area contributed by atoms with E-state index in [0.29, 0.717) is 0 Å². The fourth-order valence-electron chi connectivity index (χ4n) is 6.15. The van der Waals surface area contributed by atoms with E-state index in [4.69, 9.17) is 0 Å². The lowest BCUT2D eigenvalue weighted by atomic mass is 9.86. The first-order chi connectivity index (χ1) is 17.6. The van der Waals surface area contributed by atoms with E-state index in [9.17, 15) is 4.21 Å². The Kier molecular flexibility index (Phi) is 9.74. The molecular weight excluding hydrogens is 489 g/mol. The highest BCUT2D eigenvalue weighted by atomic mass is 32.2. The van der Waals surface area contributed by atoms with Crippen LogP contribution in [-0.2, 0) is 16.4 Å². The molecule has 2 saturated carbocycles. The molecule has 1 N–H and O–H groups in total. The van der Waals surface area contributed by atoms with Crippen LogP contribution in [0.25, 0.3) is 0 Å². The maximum absolute atomic E-state index is 13.5. The van der Waals surface area contributed by atoms with Gasteiger partial charge in [0.05, 0.1) is 21.8 Å². The van der Waals surface area contributed by atoms with Gasteiger partial charge in [-0.25, -0.2) is 8.93 Å². The van der Waals surface area contributed by atoms with E-state index in [0.717, 1.165) is 11.3 Å². The minimum atomic E-state index is -1.16.